The molecule has 1 heterocycles. The summed E-state index contributed by atoms with van der Waals surface area (Å²) in [4.78, 5) is 3.73. The fourth-order valence-corrected chi connectivity index (χ4v) is 0.766. The van der Waals surface area contributed by atoms with Gasteiger partial charge in [0.25, 0.3) is 5.89 Å². The lowest BCUT2D eigenvalue weighted by Crippen LogP contribution is -2.16. The molecule has 1 rings (SSSR count). The number of ether oxygens (including phenoxy) is 1. The Kier molecular flexibility index (Phi) is 3.64. The minimum atomic E-state index is -4.36. The van der Waals surface area contributed by atoms with E-state index in [2.05, 4.69) is 19.4 Å². The normalized spacial score (nSPS) is 14.2. The summed E-state index contributed by atoms with van der Waals surface area (Å²) in [5.74, 6) is 0.215. The summed E-state index contributed by atoms with van der Waals surface area (Å²) in [6.07, 6.45) is -4.36. The van der Waals surface area contributed by atoms with Gasteiger partial charge in [-0.3, -0.25) is 0 Å². The fraction of sp³-hybridized carbons (Fsp3) is 0.714. The van der Waals surface area contributed by atoms with E-state index in [1.807, 2.05) is 0 Å². The van der Waals surface area contributed by atoms with Gasteiger partial charge in [0.15, 0.2) is 5.82 Å². The van der Waals surface area contributed by atoms with E-state index in [0.717, 1.165) is 0 Å². The van der Waals surface area contributed by atoms with E-state index in [1.54, 1.807) is 6.92 Å². The van der Waals surface area contributed by atoms with Gasteiger partial charge in [-0.05, 0) is 6.92 Å². The highest BCUT2D eigenvalue weighted by Crippen LogP contribution is 2.15. The number of rotatable bonds is 4. The van der Waals surface area contributed by atoms with Crippen molar-refractivity contribution >= 4 is 0 Å². The number of halogens is 3. The van der Waals surface area contributed by atoms with Crippen LogP contribution in [-0.4, -0.2) is 22.9 Å². The molecule has 15 heavy (non-hydrogen) atoms. The van der Waals surface area contributed by atoms with Crippen LogP contribution in [0.25, 0.3) is 0 Å². The van der Waals surface area contributed by atoms with E-state index in [4.69, 9.17) is 5.73 Å². The first-order valence-corrected chi connectivity index (χ1v) is 4.11. The molecule has 0 saturated heterocycles. The second-order valence-corrected chi connectivity index (χ2v) is 2.94. The van der Waals surface area contributed by atoms with Crippen molar-refractivity contribution in [1.29, 1.82) is 0 Å². The lowest BCUT2D eigenvalue weighted by Gasteiger charge is -2.04. The molecule has 0 aromatic carbocycles. The molecule has 0 fully saturated rings. The first kappa shape index (κ1) is 11.9. The second-order valence-electron chi connectivity index (χ2n) is 2.94. The molecule has 8 heteroatoms. The Bertz CT molecular complexity index is 311. The van der Waals surface area contributed by atoms with E-state index < -0.39 is 18.8 Å². The van der Waals surface area contributed by atoms with Crippen molar-refractivity contribution in [2.75, 3.05) is 6.61 Å². The van der Waals surface area contributed by atoms with Crippen LogP contribution in [0.4, 0.5) is 13.2 Å². The predicted octanol–water partition coefficient (Wildman–Crippen LogP) is 1.17. The molecule has 0 spiro atoms. The Labute approximate surface area is 83.4 Å². The van der Waals surface area contributed by atoms with Crippen LogP contribution in [0.5, 0.6) is 0 Å². The van der Waals surface area contributed by atoms with Gasteiger partial charge in [0.1, 0.15) is 13.2 Å². The van der Waals surface area contributed by atoms with E-state index in [-0.39, 0.29) is 18.3 Å². The van der Waals surface area contributed by atoms with Gasteiger partial charge in [-0.2, -0.15) is 18.2 Å². The zero-order valence-electron chi connectivity index (χ0n) is 7.91. The molecule has 0 saturated carbocycles. The molecule has 1 aromatic heterocycles. The largest absolute Gasteiger partial charge is 0.411 e. The lowest BCUT2D eigenvalue weighted by atomic mass is 10.3. The van der Waals surface area contributed by atoms with Crippen molar-refractivity contribution in [2.45, 2.75) is 25.7 Å². The second kappa shape index (κ2) is 4.58. The molecular weight excluding hydrogens is 215 g/mol. The molecule has 0 amide bonds. The molecule has 86 valence electrons. The Hall–Kier alpha value is -1.15. The highest BCUT2D eigenvalue weighted by atomic mass is 19.4. The van der Waals surface area contributed by atoms with Crippen molar-refractivity contribution in [3.63, 3.8) is 0 Å². The van der Waals surface area contributed by atoms with Crippen LogP contribution in [0.3, 0.4) is 0 Å². The number of aromatic nitrogens is 2. The lowest BCUT2D eigenvalue weighted by molar-refractivity contribution is -0.178. The van der Waals surface area contributed by atoms with Crippen LogP contribution in [0.1, 0.15) is 24.7 Å². The van der Waals surface area contributed by atoms with Crippen LogP contribution >= 0.6 is 0 Å². The van der Waals surface area contributed by atoms with Gasteiger partial charge in [-0.15, -0.1) is 0 Å². The minimum Gasteiger partial charge on any atom is -0.362 e. The number of alkyl halides is 3. The Morgan fingerprint density at radius 2 is 2.20 bits per heavy atom. The molecule has 0 aliphatic rings. The van der Waals surface area contributed by atoms with E-state index in [1.165, 1.54) is 0 Å². The van der Waals surface area contributed by atoms with Crippen molar-refractivity contribution in [2.24, 2.45) is 5.73 Å². The molecule has 0 aliphatic heterocycles. The third-order valence-corrected chi connectivity index (χ3v) is 1.38. The van der Waals surface area contributed by atoms with Gasteiger partial charge in [0, 0.05) is 0 Å². The highest BCUT2D eigenvalue weighted by Gasteiger charge is 2.27. The molecule has 0 aliphatic carbocycles. The molecule has 0 bridgehead atoms. The van der Waals surface area contributed by atoms with Gasteiger partial charge in [0.05, 0.1) is 6.04 Å². The number of hydrogen-bond acceptors (Lipinski definition) is 5. The molecule has 0 radical (unpaired) electrons. The Morgan fingerprint density at radius 3 is 2.67 bits per heavy atom. The van der Waals surface area contributed by atoms with Crippen LogP contribution < -0.4 is 5.73 Å². The Balaban J connectivity index is 2.38. The zero-order valence-corrected chi connectivity index (χ0v) is 7.91. The summed E-state index contributed by atoms with van der Waals surface area (Å²) in [6.45, 7) is -0.0900. The van der Waals surface area contributed by atoms with Crippen LogP contribution in [0, 0.1) is 0 Å². The van der Waals surface area contributed by atoms with Gasteiger partial charge in [-0.1, -0.05) is 5.16 Å². The van der Waals surface area contributed by atoms with Gasteiger partial charge < -0.3 is 15.0 Å². The summed E-state index contributed by atoms with van der Waals surface area (Å²) in [6, 6.07) is -0.426. The van der Waals surface area contributed by atoms with Crippen LogP contribution in [0.2, 0.25) is 0 Å². The summed E-state index contributed by atoms with van der Waals surface area (Å²) in [5.41, 5.74) is 5.42. The summed E-state index contributed by atoms with van der Waals surface area (Å²) in [5, 5.41) is 3.46. The maximum Gasteiger partial charge on any atom is 0.411 e. The van der Waals surface area contributed by atoms with Crippen molar-refractivity contribution in [1.82, 2.24) is 10.1 Å². The molecule has 2 N–H and O–H groups in total. The maximum atomic E-state index is 11.7. The average molecular weight is 225 g/mol. The quantitative estimate of drug-likeness (QED) is 0.832. The highest BCUT2D eigenvalue weighted by molar-refractivity contribution is 4.89. The topological polar surface area (TPSA) is 74.2 Å². The number of hydrogen-bond donors (Lipinski definition) is 1. The number of nitrogens with zero attached hydrogens (tertiary/aromatic N) is 2. The summed E-state index contributed by atoms with van der Waals surface area (Å²) < 4.78 is 44.0. The predicted molar refractivity (Wildman–Crippen MR) is 42.6 cm³/mol. The minimum absolute atomic E-state index is 0.0217. The molecule has 1 unspecified atom stereocenters. The van der Waals surface area contributed by atoms with Crippen molar-refractivity contribution < 1.29 is 22.4 Å². The monoisotopic (exact) mass is 225 g/mol. The van der Waals surface area contributed by atoms with Gasteiger partial charge in [-0.25, -0.2) is 0 Å². The van der Waals surface area contributed by atoms with E-state index in [0.29, 0.717) is 0 Å². The smallest absolute Gasteiger partial charge is 0.362 e. The SMILES string of the molecule is CC(N)c1noc(COCC(F)(F)F)n1. The first-order chi connectivity index (χ1) is 6.88. The van der Waals surface area contributed by atoms with E-state index in [9.17, 15) is 13.2 Å². The fourth-order valence-electron chi connectivity index (χ4n) is 0.766. The number of nitrogens with two attached hydrogens (primary N) is 1. The summed E-state index contributed by atoms with van der Waals surface area (Å²) >= 11 is 0. The molecule has 1 aromatic rings. The van der Waals surface area contributed by atoms with Crippen molar-refractivity contribution in [3.8, 4) is 0 Å². The Morgan fingerprint density at radius 1 is 1.53 bits per heavy atom. The first-order valence-electron chi connectivity index (χ1n) is 4.11. The standard InChI is InChI=1S/C7H10F3N3O2/c1-4(11)6-12-5(15-13-6)2-14-3-7(8,9)10/h4H,2-3,11H2,1H3. The third kappa shape index (κ3) is 4.26. The zero-order chi connectivity index (χ0) is 11.5. The van der Waals surface area contributed by atoms with E-state index >= 15 is 0 Å². The van der Waals surface area contributed by atoms with Gasteiger partial charge in [0.2, 0.25) is 0 Å². The van der Waals surface area contributed by atoms with Crippen LogP contribution in [-0.2, 0) is 11.3 Å². The average Bonchev–Trinajstić information content (AvgIpc) is 2.50. The summed E-state index contributed by atoms with van der Waals surface area (Å²) in [7, 11) is 0. The van der Waals surface area contributed by atoms with Gasteiger partial charge >= 0.3 is 6.18 Å². The third-order valence-electron chi connectivity index (χ3n) is 1.38. The molecular formula is C7H10F3N3O2. The van der Waals surface area contributed by atoms with Crippen molar-refractivity contribution in [3.05, 3.63) is 11.7 Å². The maximum absolute atomic E-state index is 11.7. The molecule has 1 atom stereocenters. The van der Waals surface area contributed by atoms with Crippen LogP contribution in [0.15, 0.2) is 4.52 Å². The molecule has 5 nitrogen and oxygen atoms in total.